The molecular formula is C8H7BrO3S. The van der Waals surface area contributed by atoms with E-state index in [1.54, 1.807) is 18.2 Å². The summed E-state index contributed by atoms with van der Waals surface area (Å²) in [5.41, 5.74) is -1.42. The molecule has 0 bridgehead atoms. The van der Waals surface area contributed by atoms with E-state index >= 15 is 0 Å². The molecule has 0 aromatic heterocycles. The number of aliphatic hydroxyl groups is 1. The lowest BCUT2D eigenvalue weighted by molar-refractivity contribution is -0.141. The van der Waals surface area contributed by atoms with Crippen molar-refractivity contribution in [1.29, 1.82) is 0 Å². The SMILES string of the molecule is O=C(O)C(O)Sc1ccccc1Br. The Balaban J connectivity index is 2.74. The maximum atomic E-state index is 10.3. The first-order chi connectivity index (χ1) is 6.11. The van der Waals surface area contributed by atoms with Gasteiger partial charge < -0.3 is 10.2 Å². The summed E-state index contributed by atoms with van der Waals surface area (Å²) in [4.78, 5) is 11.0. The predicted octanol–water partition coefficient (Wildman–Crippen LogP) is 1.94. The third-order valence-corrected chi connectivity index (χ3v) is 3.28. The number of hydrogen-bond acceptors (Lipinski definition) is 3. The van der Waals surface area contributed by atoms with Gasteiger partial charge in [-0.15, -0.1) is 0 Å². The molecule has 1 atom stereocenters. The van der Waals surface area contributed by atoms with Crippen LogP contribution in [0, 0.1) is 0 Å². The first-order valence-corrected chi connectivity index (χ1v) is 5.10. The number of carbonyl (C=O) groups is 1. The molecule has 1 unspecified atom stereocenters. The van der Waals surface area contributed by atoms with Crippen LogP contribution in [-0.4, -0.2) is 21.6 Å². The van der Waals surface area contributed by atoms with Crippen LogP contribution in [0.2, 0.25) is 0 Å². The summed E-state index contributed by atoms with van der Waals surface area (Å²) in [6.07, 6.45) is 0. The molecule has 1 rings (SSSR count). The van der Waals surface area contributed by atoms with Crippen LogP contribution in [0.5, 0.6) is 0 Å². The highest BCUT2D eigenvalue weighted by molar-refractivity contribution is 9.10. The van der Waals surface area contributed by atoms with E-state index < -0.39 is 11.4 Å². The molecule has 5 heteroatoms. The van der Waals surface area contributed by atoms with Gasteiger partial charge in [-0.1, -0.05) is 23.9 Å². The lowest BCUT2D eigenvalue weighted by Gasteiger charge is -2.06. The molecule has 0 aliphatic carbocycles. The van der Waals surface area contributed by atoms with Gasteiger partial charge in [0.1, 0.15) is 0 Å². The molecule has 13 heavy (non-hydrogen) atoms. The van der Waals surface area contributed by atoms with E-state index in [-0.39, 0.29) is 0 Å². The van der Waals surface area contributed by atoms with Crippen LogP contribution in [0.25, 0.3) is 0 Å². The molecule has 0 fully saturated rings. The molecule has 3 nitrogen and oxygen atoms in total. The molecular weight excluding hydrogens is 256 g/mol. The van der Waals surface area contributed by atoms with E-state index in [2.05, 4.69) is 15.9 Å². The van der Waals surface area contributed by atoms with Gasteiger partial charge in [0.25, 0.3) is 0 Å². The summed E-state index contributed by atoms with van der Waals surface area (Å²) in [6, 6.07) is 7.13. The monoisotopic (exact) mass is 262 g/mol. The van der Waals surface area contributed by atoms with Crippen LogP contribution in [0.1, 0.15) is 0 Å². The fraction of sp³-hybridized carbons (Fsp3) is 0.125. The second-order valence-electron chi connectivity index (χ2n) is 2.24. The van der Waals surface area contributed by atoms with Gasteiger partial charge in [-0.25, -0.2) is 4.79 Å². The highest BCUT2D eigenvalue weighted by Crippen LogP contribution is 2.29. The van der Waals surface area contributed by atoms with Crippen LogP contribution < -0.4 is 0 Å². The van der Waals surface area contributed by atoms with Gasteiger partial charge >= 0.3 is 5.97 Å². The van der Waals surface area contributed by atoms with Crippen molar-refractivity contribution in [3.63, 3.8) is 0 Å². The van der Waals surface area contributed by atoms with Crippen molar-refractivity contribution in [3.05, 3.63) is 28.7 Å². The van der Waals surface area contributed by atoms with E-state index in [1.807, 2.05) is 6.07 Å². The van der Waals surface area contributed by atoms with Crippen LogP contribution in [0.15, 0.2) is 33.6 Å². The Hall–Kier alpha value is -0.520. The zero-order valence-corrected chi connectivity index (χ0v) is 8.88. The molecule has 1 aromatic rings. The van der Waals surface area contributed by atoms with Gasteiger partial charge in [0.05, 0.1) is 0 Å². The maximum Gasteiger partial charge on any atom is 0.343 e. The van der Waals surface area contributed by atoms with Crippen LogP contribution >= 0.6 is 27.7 Å². The number of aliphatic carboxylic acids is 1. The van der Waals surface area contributed by atoms with Crippen LogP contribution in [0.3, 0.4) is 0 Å². The summed E-state index contributed by atoms with van der Waals surface area (Å²) < 4.78 is 0.778. The summed E-state index contributed by atoms with van der Waals surface area (Å²) >= 11 is 4.14. The van der Waals surface area contributed by atoms with Gasteiger partial charge in [-0.3, -0.25) is 0 Å². The van der Waals surface area contributed by atoms with E-state index in [1.165, 1.54) is 0 Å². The molecule has 2 N–H and O–H groups in total. The van der Waals surface area contributed by atoms with Gasteiger partial charge in [0.15, 0.2) is 0 Å². The number of hydrogen-bond donors (Lipinski definition) is 2. The van der Waals surface area contributed by atoms with Gasteiger partial charge in [0.2, 0.25) is 5.44 Å². The molecule has 70 valence electrons. The minimum Gasteiger partial charge on any atom is -0.479 e. The molecule has 0 aliphatic rings. The van der Waals surface area contributed by atoms with Crippen molar-refractivity contribution in [2.45, 2.75) is 10.3 Å². The number of benzene rings is 1. The number of carboxylic acids is 1. The van der Waals surface area contributed by atoms with E-state index in [9.17, 15) is 4.79 Å². The standard InChI is InChI=1S/C8H7BrO3S/c9-5-3-1-2-4-6(5)13-8(12)7(10)11/h1-4,8,12H,(H,10,11). The number of aliphatic hydroxyl groups excluding tert-OH is 1. The Labute approximate surface area is 87.9 Å². The Morgan fingerprint density at radius 3 is 2.62 bits per heavy atom. The molecule has 0 heterocycles. The van der Waals surface area contributed by atoms with Crippen molar-refractivity contribution in [3.8, 4) is 0 Å². The zero-order valence-electron chi connectivity index (χ0n) is 6.48. The Morgan fingerprint density at radius 2 is 2.08 bits per heavy atom. The summed E-state index contributed by atoms with van der Waals surface area (Å²) in [7, 11) is 0. The summed E-state index contributed by atoms with van der Waals surface area (Å²) in [6.45, 7) is 0. The van der Waals surface area contributed by atoms with Crippen molar-refractivity contribution in [1.82, 2.24) is 0 Å². The predicted molar refractivity (Wildman–Crippen MR) is 53.6 cm³/mol. The quantitative estimate of drug-likeness (QED) is 0.646. The molecule has 0 aliphatic heterocycles. The first kappa shape index (κ1) is 10.6. The van der Waals surface area contributed by atoms with Gasteiger partial charge in [0, 0.05) is 9.37 Å². The smallest absolute Gasteiger partial charge is 0.343 e. The Morgan fingerprint density at radius 1 is 1.46 bits per heavy atom. The number of carboxylic acid groups (broad SMARTS) is 1. The number of rotatable bonds is 3. The molecule has 1 aromatic carbocycles. The minimum atomic E-state index is -1.42. The average molecular weight is 263 g/mol. The topological polar surface area (TPSA) is 57.5 Å². The molecule has 0 radical (unpaired) electrons. The second-order valence-corrected chi connectivity index (χ2v) is 4.22. The van der Waals surface area contributed by atoms with E-state index in [0.29, 0.717) is 4.90 Å². The third kappa shape index (κ3) is 3.02. The number of halogens is 1. The summed E-state index contributed by atoms with van der Waals surface area (Å²) in [5, 5.41) is 17.5. The first-order valence-electron chi connectivity index (χ1n) is 3.43. The Kier molecular flexibility index (Phi) is 3.77. The van der Waals surface area contributed by atoms with Crippen molar-refractivity contribution >= 4 is 33.7 Å². The zero-order chi connectivity index (χ0) is 9.84. The van der Waals surface area contributed by atoms with E-state index in [0.717, 1.165) is 16.2 Å². The molecule has 0 spiro atoms. The minimum absolute atomic E-state index is 0.706. The lowest BCUT2D eigenvalue weighted by atomic mass is 10.4. The van der Waals surface area contributed by atoms with Crippen molar-refractivity contribution in [2.24, 2.45) is 0 Å². The van der Waals surface area contributed by atoms with Crippen molar-refractivity contribution in [2.75, 3.05) is 0 Å². The van der Waals surface area contributed by atoms with Gasteiger partial charge in [-0.05, 0) is 28.1 Å². The normalized spacial score (nSPS) is 12.5. The summed E-state index contributed by atoms with van der Waals surface area (Å²) in [5.74, 6) is -1.24. The highest BCUT2D eigenvalue weighted by Gasteiger charge is 2.15. The molecule has 0 saturated carbocycles. The van der Waals surface area contributed by atoms with E-state index in [4.69, 9.17) is 10.2 Å². The second kappa shape index (κ2) is 4.64. The molecule has 0 amide bonds. The average Bonchev–Trinajstić information content (AvgIpc) is 2.08. The highest BCUT2D eigenvalue weighted by atomic mass is 79.9. The lowest BCUT2D eigenvalue weighted by Crippen LogP contribution is -2.14. The Bertz CT molecular complexity index is 316. The van der Waals surface area contributed by atoms with Crippen LogP contribution in [-0.2, 0) is 4.79 Å². The fourth-order valence-electron chi connectivity index (χ4n) is 0.711. The van der Waals surface area contributed by atoms with Gasteiger partial charge in [-0.2, -0.15) is 0 Å². The van der Waals surface area contributed by atoms with Crippen LogP contribution in [0.4, 0.5) is 0 Å². The molecule has 0 saturated heterocycles. The van der Waals surface area contributed by atoms with Crippen molar-refractivity contribution < 1.29 is 15.0 Å². The number of thioether (sulfide) groups is 1. The maximum absolute atomic E-state index is 10.3. The fourth-order valence-corrected chi connectivity index (χ4v) is 1.96. The third-order valence-electron chi connectivity index (χ3n) is 1.29. The largest absolute Gasteiger partial charge is 0.479 e.